The molecule has 3 aromatic rings. The van der Waals surface area contributed by atoms with Gasteiger partial charge in [0, 0.05) is 45.9 Å². The Kier molecular flexibility index (Phi) is 35.2. The predicted octanol–water partition coefficient (Wildman–Crippen LogP) is 11.9. The minimum absolute atomic E-state index is 0.0687. The molecule has 0 aliphatic carbocycles. The van der Waals surface area contributed by atoms with Gasteiger partial charge in [0.2, 0.25) is 17.7 Å². The molecular weight excluding hydrogens is 750 g/mol. The summed E-state index contributed by atoms with van der Waals surface area (Å²) in [6, 6.07) is 30.3. The van der Waals surface area contributed by atoms with Crippen molar-refractivity contribution in [1.82, 2.24) is 14.7 Å². The minimum atomic E-state index is -1.00. The van der Waals surface area contributed by atoms with E-state index in [1.54, 1.807) is 6.92 Å². The van der Waals surface area contributed by atoms with Gasteiger partial charge in [0.05, 0.1) is 27.3 Å². The van der Waals surface area contributed by atoms with Crippen molar-refractivity contribution in [2.45, 2.75) is 150 Å². The molecule has 8 heteroatoms. The molecule has 3 amide bonds. The zero-order valence-corrected chi connectivity index (χ0v) is 38.6. The highest BCUT2D eigenvalue weighted by Gasteiger charge is 2.26. The number of aliphatic hydroxyl groups excluding tert-OH is 1. The smallest absolute Gasteiger partial charge is 0.230 e. The number of piperidine rings is 3. The molecule has 0 bridgehead atoms. The van der Waals surface area contributed by atoms with Crippen LogP contribution in [-0.4, -0.2) is 90.6 Å². The van der Waals surface area contributed by atoms with Gasteiger partial charge in [-0.05, 0) is 87.8 Å². The quantitative estimate of drug-likeness (QED) is 0.233. The highest BCUT2D eigenvalue weighted by molar-refractivity contribution is 5.84. The van der Waals surface area contributed by atoms with Crippen molar-refractivity contribution in [2.24, 2.45) is 0 Å². The van der Waals surface area contributed by atoms with Gasteiger partial charge in [-0.2, -0.15) is 0 Å². The molecule has 3 heterocycles. The van der Waals surface area contributed by atoms with Crippen molar-refractivity contribution in [1.29, 1.82) is 0 Å². The van der Waals surface area contributed by atoms with Gasteiger partial charge in [0.15, 0.2) is 0 Å². The molecule has 0 radical (unpaired) electrons. The van der Waals surface area contributed by atoms with Gasteiger partial charge >= 0.3 is 0 Å². The third kappa shape index (κ3) is 26.2. The average molecular weight is 835 g/mol. The minimum Gasteiger partial charge on any atom is -0.397 e. The monoisotopic (exact) mass is 835 g/mol. The molecular formula is C52H84FN3O4. The van der Waals surface area contributed by atoms with Gasteiger partial charge in [-0.3, -0.25) is 18.8 Å². The summed E-state index contributed by atoms with van der Waals surface area (Å²) in [7, 11) is -1.00. The number of likely N-dealkylation sites (tertiary alicyclic amines) is 3. The normalized spacial score (nSPS) is 14.9. The Morgan fingerprint density at radius 2 is 0.867 bits per heavy atom. The van der Waals surface area contributed by atoms with E-state index in [1.165, 1.54) is 76.2 Å². The van der Waals surface area contributed by atoms with Crippen LogP contribution in [0.2, 0.25) is 0 Å². The highest BCUT2D eigenvalue weighted by Crippen LogP contribution is 2.26. The van der Waals surface area contributed by atoms with E-state index < -0.39 is 7.15 Å². The topological polar surface area (TPSA) is 81.2 Å². The van der Waals surface area contributed by atoms with Crippen LogP contribution in [0.25, 0.3) is 0 Å². The number of unbranched alkanes of at least 4 members (excludes halogenated alkanes) is 1. The number of nitrogens with zero attached hydrogens (tertiary/aromatic N) is 3. The van der Waals surface area contributed by atoms with E-state index in [-0.39, 0.29) is 24.3 Å². The van der Waals surface area contributed by atoms with E-state index in [2.05, 4.69) is 51.7 Å². The van der Waals surface area contributed by atoms with Crippen molar-refractivity contribution >= 4 is 17.7 Å². The van der Waals surface area contributed by atoms with Crippen LogP contribution in [0.4, 0.5) is 4.39 Å². The number of carbonyl (C=O) groups excluding carboxylic acids is 3. The number of hydrogen-bond donors (Lipinski definition) is 1. The number of alkyl halides is 1. The van der Waals surface area contributed by atoms with E-state index in [9.17, 15) is 18.8 Å². The van der Waals surface area contributed by atoms with Gasteiger partial charge in [-0.15, -0.1) is 0 Å². The van der Waals surface area contributed by atoms with Crippen LogP contribution in [0.15, 0.2) is 91.0 Å². The first kappa shape index (κ1) is 54.0. The number of halogens is 1. The van der Waals surface area contributed by atoms with Crippen LogP contribution in [-0.2, 0) is 27.2 Å². The molecule has 1 atom stereocenters. The average Bonchev–Trinajstić information content (AvgIpc) is 3.30. The number of aliphatic hydroxyl groups is 1. The first-order valence-electron chi connectivity index (χ1n) is 23.8. The predicted molar refractivity (Wildman–Crippen MR) is 252 cm³/mol. The lowest BCUT2D eigenvalue weighted by atomic mass is 9.91. The molecule has 0 saturated carbocycles. The Balaban J connectivity index is 0.000000786. The molecule has 0 spiro atoms. The SMILES string of the molecule is CCC.CCC.CCCCC(C(=O)N1CCCCC1)c1ccccc1.CCO.O=C(Cc1ccccc1)N1CCCCC1.O=C(Cc1ccccc1)N1CCCCC1.[2H]CF. The molecule has 1 N–H and O–H groups in total. The van der Waals surface area contributed by atoms with Gasteiger partial charge in [0.1, 0.15) is 0 Å². The highest BCUT2D eigenvalue weighted by atomic mass is 19.1. The second-order valence-corrected chi connectivity index (χ2v) is 15.4. The number of benzene rings is 3. The fourth-order valence-corrected chi connectivity index (χ4v) is 6.91. The second-order valence-electron chi connectivity index (χ2n) is 15.4. The Bertz CT molecular complexity index is 1360. The molecule has 338 valence electrons. The molecule has 6 rings (SSSR count). The van der Waals surface area contributed by atoms with Crippen molar-refractivity contribution in [3.05, 3.63) is 108 Å². The summed E-state index contributed by atoms with van der Waals surface area (Å²) < 4.78 is 15.5. The lowest BCUT2D eigenvalue weighted by molar-refractivity contribution is -0.134. The van der Waals surface area contributed by atoms with Gasteiger partial charge < -0.3 is 19.8 Å². The van der Waals surface area contributed by atoms with E-state index in [4.69, 9.17) is 6.48 Å². The summed E-state index contributed by atoms with van der Waals surface area (Å²) in [6.07, 6.45) is 17.7. The molecule has 1 unspecified atom stereocenters. The third-order valence-corrected chi connectivity index (χ3v) is 9.83. The van der Waals surface area contributed by atoms with Crippen molar-refractivity contribution in [3.63, 3.8) is 0 Å². The van der Waals surface area contributed by atoms with Gasteiger partial charge in [-0.25, -0.2) is 0 Å². The maximum atomic E-state index is 12.7. The molecule has 3 saturated heterocycles. The summed E-state index contributed by atoms with van der Waals surface area (Å²) >= 11 is 0. The largest absolute Gasteiger partial charge is 0.397 e. The zero-order valence-electron chi connectivity index (χ0n) is 39.6. The van der Waals surface area contributed by atoms with Crippen LogP contribution >= 0.6 is 0 Å². The van der Waals surface area contributed by atoms with E-state index >= 15 is 0 Å². The molecule has 7 nitrogen and oxygen atoms in total. The Morgan fingerprint density at radius 1 is 0.567 bits per heavy atom. The molecule has 60 heavy (non-hydrogen) atoms. The molecule has 3 aromatic carbocycles. The molecule has 3 aliphatic heterocycles. The summed E-state index contributed by atoms with van der Waals surface area (Å²) in [5, 5.41) is 7.57. The summed E-state index contributed by atoms with van der Waals surface area (Å²) in [5.41, 5.74) is 3.42. The number of amides is 3. The fourth-order valence-electron chi connectivity index (χ4n) is 6.91. The number of hydrogen-bond acceptors (Lipinski definition) is 4. The molecule has 0 aromatic heterocycles. The van der Waals surface area contributed by atoms with Crippen molar-refractivity contribution in [3.8, 4) is 0 Å². The zero-order chi connectivity index (χ0) is 45.4. The van der Waals surface area contributed by atoms with Crippen LogP contribution in [0.5, 0.6) is 0 Å². The third-order valence-electron chi connectivity index (χ3n) is 9.83. The van der Waals surface area contributed by atoms with E-state index in [1.807, 2.05) is 88.7 Å². The summed E-state index contributed by atoms with van der Waals surface area (Å²) in [5.74, 6) is 0.973. The molecule has 3 aliphatic rings. The number of rotatable bonds is 9. The van der Waals surface area contributed by atoms with Crippen LogP contribution in [0.1, 0.15) is 155 Å². The Morgan fingerprint density at radius 3 is 1.18 bits per heavy atom. The lowest BCUT2D eigenvalue weighted by Gasteiger charge is -2.30. The van der Waals surface area contributed by atoms with Gasteiger partial charge in [-0.1, -0.05) is 151 Å². The first-order chi connectivity index (χ1) is 29.7. The van der Waals surface area contributed by atoms with E-state index in [0.29, 0.717) is 18.7 Å². The maximum absolute atomic E-state index is 12.7. The first-order valence-corrected chi connectivity index (χ1v) is 23.1. The second kappa shape index (κ2) is 39.1. The van der Waals surface area contributed by atoms with E-state index in [0.717, 1.165) is 69.7 Å². The van der Waals surface area contributed by atoms with Crippen molar-refractivity contribution < 1.29 is 25.3 Å². The van der Waals surface area contributed by atoms with Crippen LogP contribution in [0, 0.1) is 0 Å². The van der Waals surface area contributed by atoms with Crippen molar-refractivity contribution in [2.75, 3.05) is 53.0 Å². The standard InChI is InChI=1S/C17H25NO.2C13H17NO.2C3H8.C2H6O.CH3F/c1-2-3-12-16(15-10-6-4-7-11-15)17(19)18-13-8-5-9-14-18;2*15-13(14-9-5-2-6-10-14)11-12-7-3-1-4-8-12;2*1-3-2;1-2-3;1-2/h4,6-7,10-11,16H,2-3,5,8-9,12-14H2,1H3;2*1,3-4,7-8H,2,5-6,9-11H2;2*3H2,1-2H3;3H,2H2,1H3;1H3/i;;;;;;1D. The lowest BCUT2D eigenvalue weighted by Crippen LogP contribution is -2.38. The van der Waals surface area contributed by atoms with Crippen LogP contribution in [0.3, 0.4) is 0 Å². The maximum Gasteiger partial charge on any atom is 0.230 e. The fraction of sp³-hybridized carbons (Fsp3) is 0.596. The Hall–Kier alpha value is -4.04. The summed E-state index contributed by atoms with van der Waals surface area (Å²) in [6.45, 7) is 18.3. The van der Waals surface area contributed by atoms with Crippen LogP contribution < -0.4 is 0 Å². The number of carbonyl (C=O) groups is 3. The molecule has 3 fully saturated rings. The Labute approximate surface area is 367 Å². The van der Waals surface area contributed by atoms with Gasteiger partial charge in [0.25, 0.3) is 0 Å². The summed E-state index contributed by atoms with van der Waals surface area (Å²) in [4.78, 5) is 42.6.